The van der Waals surface area contributed by atoms with Gasteiger partial charge in [-0.15, -0.1) is 0 Å². The molecule has 0 atom stereocenters. The van der Waals surface area contributed by atoms with Crippen LogP contribution in [-0.2, 0) is 10.8 Å². The lowest BCUT2D eigenvalue weighted by Gasteiger charge is -2.32. The van der Waals surface area contributed by atoms with Gasteiger partial charge in [0, 0.05) is 68.2 Å². The maximum absolute atomic E-state index is 2.47. The second-order valence-corrected chi connectivity index (χ2v) is 37.6. The Balaban J connectivity index is 0.000000142. The van der Waals surface area contributed by atoms with Gasteiger partial charge in [-0.05, 0) is 334 Å². The fourth-order valence-electron chi connectivity index (χ4n) is 23.8. The predicted molar refractivity (Wildman–Crippen MR) is 596 cm³/mol. The van der Waals surface area contributed by atoms with Crippen molar-refractivity contribution in [2.45, 2.75) is 10.8 Å². The molecule has 28 rings (SSSR count). The monoisotopic (exact) mass is 1800 g/mol. The van der Waals surface area contributed by atoms with E-state index in [-0.39, 0.29) is 0 Å². The SMILES string of the molecule is c1ccc(N(c2ccc(N(c3ccc(-c4ccc5ccccc5c4)cc3)c3ccc(-c4ccc5ccccc5c4)cc3)cc2)c2ccc3c(c2)C2(c4ccccc4-c4ccccc42)c2ccccc2-3)cc1.c1ccc(N(c2ccc(N(c3ccc(-c4cccc5ccccc45)cc3)c3ccc(-c4cccc5ccccc45)cc3)cc2)c2ccc3c(c2)C2(c4ccccc4-c4ccccc42)c2ccccc2-3)cc1. The Bertz CT molecular complexity index is 8640. The molecule has 4 aliphatic carbocycles. The maximum Gasteiger partial charge on any atom is 0.0726 e. The Hall–Kier alpha value is -18.5. The Labute approximate surface area is 827 Å². The van der Waals surface area contributed by atoms with Crippen molar-refractivity contribution in [2.24, 2.45) is 0 Å². The molecule has 0 heterocycles. The molecule has 24 aromatic carbocycles. The molecule has 0 fully saturated rings. The van der Waals surface area contributed by atoms with Crippen molar-refractivity contribution in [2.75, 3.05) is 19.6 Å². The number of anilines is 12. The molecule has 4 aliphatic rings. The van der Waals surface area contributed by atoms with E-state index in [0.717, 1.165) is 68.2 Å². The summed E-state index contributed by atoms with van der Waals surface area (Å²) < 4.78 is 0. The van der Waals surface area contributed by atoms with E-state index < -0.39 is 10.8 Å². The Morgan fingerprint density at radius 3 is 0.620 bits per heavy atom. The first-order valence-electron chi connectivity index (χ1n) is 49.1. The highest BCUT2D eigenvalue weighted by molar-refractivity contribution is 6.03. The summed E-state index contributed by atoms with van der Waals surface area (Å²) in [5, 5.41) is 9.96. The number of para-hydroxylation sites is 2. The van der Waals surface area contributed by atoms with Gasteiger partial charge in [-0.2, -0.15) is 0 Å². The number of benzene rings is 24. The molecule has 0 saturated carbocycles. The van der Waals surface area contributed by atoms with E-state index in [1.807, 2.05) is 0 Å². The summed E-state index contributed by atoms with van der Waals surface area (Å²) in [7, 11) is 0. The molecule has 0 saturated heterocycles. The molecular formula is C138H92N4. The van der Waals surface area contributed by atoms with Crippen LogP contribution < -0.4 is 19.6 Å². The van der Waals surface area contributed by atoms with Gasteiger partial charge in [0.25, 0.3) is 0 Å². The fourth-order valence-corrected chi connectivity index (χ4v) is 23.8. The molecule has 0 N–H and O–H groups in total. The third-order valence-electron chi connectivity index (χ3n) is 30.1. The minimum absolute atomic E-state index is 0.435. The van der Waals surface area contributed by atoms with Gasteiger partial charge in [0.2, 0.25) is 0 Å². The molecule has 0 aliphatic heterocycles. The summed E-state index contributed by atoms with van der Waals surface area (Å²) in [6.07, 6.45) is 0. The van der Waals surface area contributed by atoms with Gasteiger partial charge in [0.05, 0.1) is 10.8 Å². The van der Waals surface area contributed by atoms with E-state index in [9.17, 15) is 0 Å². The van der Waals surface area contributed by atoms with Crippen molar-refractivity contribution in [1.29, 1.82) is 0 Å². The van der Waals surface area contributed by atoms with Crippen LogP contribution in [0.25, 0.3) is 132 Å². The van der Waals surface area contributed by atoms with Crippen LogP contribution in [0, 0.1) is 0 Å². The van der Waals surface area contributed by atoms with Gasteiger partial charge in [-0.1, -0.05) is 400 Å². The minimum Gasteiger partial charge on any atom is -0.311 e. The van der Waals surface area contributed by atoms with Crippen LogP contribution in [0.15, 0.2) is 558 Å². The summed E-state index contributed by atoms with van der Waals surface area (Å²) in [6.45, 7) is 0. The molecule has 24 aromatic rings. The van der Waals surface area contributed by atoms with E-state index >= 15 is 0 Å². The smallest absolute Gasteiger partial charge is 0.0726 e. The molecule has 0 amide bonds. The second kappa shape index (κ2) is 34.3. The lowest BCUT2D eigenvalue weighted by Crippen LogP contribution is -2.26. The number of fused-ring (bicyclic) bond motifs is 24. The number of hydrogen-bond acceptors (Lipinski definition) is 4. The first-order chi connectivity index (χ1) is 70.4. The van der Waals surface area contributed by atoms with E-state index in [2.05, 4.69) is 578 Å². The number of rotatable bonds is 16. The van der Waals surface area contributed by atoms with Crippen LogP contribution in [0.4, 0.5) is 68.2 Å². The Morgan fingerprint density at radius 2 is 0.310 bits per heavy atom. The summed E-state index contributed by atoms with van der Waals surface area (Å²) in [5.74, 6) is 0. The minimum atomic E-state index is -0.436. The van der Waals surface area contributed by atoms with E-state index in [1.165, 1.54) is 177 Å². The first-order valence-corrected chi connectivity index (χ1v) is 49.1. The van der Waals surface area contributed by atoms with Crippen LogP contribution in [0.3, 0.4) is 0 Å². The van der Waals surface area contributed by atoms with Crippen LogP contribution in [-0.4, -0.2) is 0 Å². The Morgan fingerprint density at radius 1 is 0.106 bits per heavy atom. The molecule has 4 nitrogen and oxygen atoms in total. The fraction of sp³-hybridized carbons (Fsp3) is 0.0145. The molecule has 0 unspecified atom stereocenters. The lowest BCUT2D eigenvalue weighted by atomic mass is 9.70. The van der Waals surface area contributed by atoms with Crippen molar-refractivity contribution in [1.82, 2.24) is 0 Å². The average Bonchev–Trinajstić information content (AvgIpc) is 1.51. The van der Waals surface area contributed by atoms with Crippen molar-refractivity contribution < 1.29 is 0 Å². The standard InChI is InChI=1S/2C69H46N2/c1-2-20-51(21-3-1)71(56-44-45-64-63-26-10-13-31-67(63)69(68(64)46-56)65-29-11-8-24-61(65)62-25-9-12-30-66(62)69)55-42-40-54(41-43-55)70(52-36-32-49(33-37-52)59-27-14-18-47-16-4-6-22-57(47)59)53-38-34-50(35-39-53)60-28-15-19-48-17-5-7-23-58(48)60;1-2-18-55(19-3-1)71(60-42-43-64-63-22-10-13-25-67(63)69(68(64)46-60)65-23-11-8-20-61(65)62-21-9-12-24-66(62)69)59-40-38-58(39-41-59)70(56-34-30-49(31-35-56)53-28-26-47-14-4-6-16-51(47)44-53)57-36-32-50(33-37-57)54-29-27-48-15-5-7-17-52(48)45-54/h2*1-46H. The van der Waals surface area contributed by atoms with Crippen molar-refractivity contribution in [3.63, 3.8) is 0 Å². The van der Waals surface area contributed by atoms with Gasteiger partial charge in [0.1, 0.15) is 0 Å². The number of nitrogens with zero attached hydrogens (tertiary/aromatic N) is 4. The van der Waals surface area contributed by atoms with Gasteiger partial charge in [0.15, 0.2) is 0 Å². The third-order valence-corrected chi connectivity index (χ3v) is 30.1. The molecule has 0 bridgehead atoms. The predicted octanol–water partition coefficient (Wildman–Crippen LogP) is 37.2. The summed E-state index contributed by atoms with van der Waals surface area (Å²) >= 11 is 0. The van der Waals surface area contributed by atoms with Crippen LogP contribution >= 0.6 is 0 Å². The van der Waals surface area contributed by atoms with Crippen LogP contribution in [0.2, 0.25) is 0 Å². The average molecular weight is 1810 g/mol. The third kappa shape index (κ3) is 13.7. The highest BCUT2D eigenvalue weighted by Gasteiger charge is 2.54. The quantitative estimate of drug-likeness (QED) is 0.0956. The molecule has 4 heteroatoms. The second-order valence-electron chi connectivity index (χ2n) is 37.6. The Kier molecular flexibility index (Phi) is 20.1. The zero-order valence-corrected chi connectivity index (χ0v) is 77.9. The van der Waals surface area contributed by atoms with Gasteiger partial charge in [-0.3, -0.25) is 0 Å². The normalized spacial score (nSPS) is 12.6. The summed E-state index contributed by atoms with van der Waals surface area (Å²) in [5.41, 5.74) is 42.9. The van der Waals surface area contributed by atoms with Crippen molar-refractivity contribution in [3.8, 4) is 89.0 Å². The van der Waals surface area contributed by atoms with Crippen LogP contribution in [0.1, 0.15) is 44.5 Å². The largest absolute Gasteiger partial charge is 0.311 e. The van der Waals surface area contributed by atoms with Gasteiger partial charge < -0.3 is 19.6 Å². The molecule has 0 radical (unpaired) electrons. The van der Waals surface area contributed by atoms with Crippen LogP contribution in [0.5, 0.6) is 0 Å². The molecule has 0 aromatic heterocycles. The van der Waals surface area contributed by atoms with Gasteiger partial charge >= 0.3 is 0 Å². The molecular weight excluding hydrogens is 1710 g/mol. The topological polar surface area (TPSA) is 13.0 Å². The zero-order valence-electron chi connectivity index (χ0n) is 77.9. The molecule has 2 spiro atoms. The summed E-state index contributed by atoms with van der Waals surface area (Å²) in [4.78, 5) is 9.57. The van der Waals surface area contributed by atoms with Crippen molar-refractivity contribution in [3.05, 3.63) is 603 Å². The van der Waals surface area contributed by atoms with Gasteiger partial charge in [-0.25, -0.2) is 0 Å². The highest BCUT2D eigenvalue weighted by atomic mass is 15.2. The molecule has 142 heavy (non-hydrogen) atoms. The molecule has 664 valence electrons. The summed E-state index contributed by atoms with van der Waals surface area (Å²) in [6, 6.07) is 205. The maximum atomic E-state index is 2.47. The highest BCUT2D eigenvalue weighted by Crippen LogP contribution is 2.66. The first kappa shape index (κ1) is 82.9. The van der Waals surface area contributed by atoms with E-state index in [4.69, 9.17) is 0 Å². The van der Waals surface area contributed by atoms with Crippen molar-refractivity contribution >= 4 is 111 Å². The van der Waals surface area contributed by atoms with E-state index in [1.54, 1.807) is 0 Å². The number of hydrogen-bond donors (Lipinski definition) is 0. The zero-order chi connectivity index (χ0) is 93.8. The lowest BCUT2D eigenvalue weighted by molar-refractivity contribution is 0.793. The van der Waals surface area contributed by atoms with E-state index in [0.29, 0.717) is 0 Å².